The molecule has 0 aromatic heterocycles. The van der Waals surface area contributed by atoms with Crippen LogP contribution >= 0.6 is 0 Å². The number of piperidine rings is 1. The second-order valence-corrected chi connectivity index (χ2v) is 7.44. The van der Waals surface area contributed by atoms with Gasteiger partial charge in [0.25, 0.3) is 0 Å². The molecule has 0 radical (unpaired) electrons. The fourth-order valence-corrected chi connectivity index (χ4v) is 2.69. The van der Waals surface area contributed by atoms with E-state index < -0.39 is 23.8 Å². The van der Waals surface area contributed by atoms with Crippen LogP contribution in [-0.2, 0) is 20.9 Å². The highest BCUT2D eigenvalue weighted by Gasteiger charge is 2.27. The first-order chi connectivity index (χ1) is 13.2. The number of carboxylic acids is 1. The predicted octanol–water partition coefficient (Wildman–Crippen LogP) is 3.28. The Hall–Kier alpha value is -3.03. The number of alkyl carbamates (subject to hydrolysis) is 1. The van der Waals surface area contributed by atoms with Gasteiger partial charge in [0, 0.05) is 13.1 Å². The van der Waals surface area contributed by atoms with Crippen LogP contribution in [0.2, 0.25) is 0 Å². The van der Waals surface area contributed by atoms with E-state index in [1.54, 1.807) is 32.9 Å². The van der Waals surface area contributed by atoms with E-state index in [0.717, 1.165) is 5.56 Å². The third-order valence-electron chi connectivity index (χ3n) is 4.03. The molecule has 8 nitrogen and oxygen atoms in total. The number of likely N-dealkylation sites (tertiary alicyclic amines) is 1. The van der Waals surface area contributed by atoms with Gasteiger partial charge in [-0.1, -0.05) is 30.3 Å². The minimum absolute atomic E-state index is 0.0430. The summed E-state index contributed by atoms with van der Waals surface area (Å²) in [6, 6.07) is 9.09. The lowest BCUT2D eigenvalue weighted by Gasteiger charge is -2.31. The first kappa shape index (κ1) is 21.3. The number of carbonyl (C=O) groups excluding carboxylic acids is 2. The Labute approximate surface area is 164 Å². The first-order valence-electron chi connectivity index (χ1n) is 9.06. The highest BCUT2D eigenvalue weighted by atomic mass is 16.6. The summed E-state index contributed by atoms with van der Waals surface area (Å²) < 4.78 is 10.4. The molecule has 1 fully saturated rings. The molecule has 152 valence electrons. The molecule has 0 unspecified atom stereocenters. The maximum Gasteiger partial charge on any atom is 0.412 e. The van der Waals surface area contributed by atoms with Gasteiger partial charge in [-0.3, -0.25) is 5.32 Å². The summed E-state index contributed by atoms with van der Waals surface area (Å²) in [5.41, 5.74) is 0.572. The monoisotopic (exact) mass is 390 g/mol. The van der Waals surface area contributed by atoms with E-state index in [9.17, 15) is 19.5 Å². The van der Waals surface area contributed by atoms with Crippen molar-refractivity contribution in [3.63, 3.8) is 0 Å². The molecule has 1 aromatic carbocycles. The topological polar surface area (TPSA) is 105 Å². The minimum Gasteiger partial charge on any atom is -0.477 e. The van der Waals surface area contributed by atoms with Gasteiger partial charge in [-0.25, -0.2) is 14.4 Å². The molecule has 2 N–H and O–H groups in total. The van der Waals surface area contributed by atoms with Crippen LogP contribution < -0.4 is 5.32 Å². The van der Waals surface area contributed by atoms with Crippen molar-refractivity contribution in [2.75, 3.05) is 13.1 Å². The van der Waals surface area contributed by atoms with E-state index in [-0.39, 0.29) is 12.3 Å². The van der Waals surface area contributed by atoms with E-state index in [1.165, 1.54) is 4.90 Å². The van der Waals surface area contributed by atoms with Crippen molar-refractivity contribution in [3.05, 3.63) is 47.2 Å². The van der Waals surface area contributed by atoms with Crippen molar-refractivity contribution in [1.29, 1.82) is 0 Å². The summed E-state index contributed by atoms with van der Waals surface area (Å²) in [4.78, 5) is 37.2. The number of benzene rings is 1. The zero-order valence-corrected chi connectivity index (χ0v) is 16.4. The molecular formula is C20H26N2O6. The Kier molecular flexibility index (Phi) is 7.03. The normalized spacial score (nSPS) is 14.2. The molecule has 0 bridgehead atoms. The summed E-state index contributed by atoms with van der Waals surface area (Å²) in [6.07, 6.45) is -0.596. The number of hydrogen-bond acceptors (Lipinski definition) is 5. The van der Waals surface area contributed by atoms with Crippen LogP contribution in [0.25, 0.3) is 0 Å². The van der Waals surface area contributed by atoms with E-state index in [2.05, 4.69) is 5.32 Å². The van der Waals surface area contributed by atoms with Crippen LogP contribution in [-0.4, -0.2) is 46.9 Å². The fourth-order valence-electron chi connectivity index (χ4n) is 2.69. The molecule has 2 amide bonds. The second-order valence-electron chi connectivity index (χ2n) is 7.44. The predicted molar refractivity (Wildman–Crippen MR) is 101 cm³/mol. The smallest absolute Gasteiger partial charge is 0.412 e. The summed E-state index contributed by atoms with van der Waals surface area (Å²) in [7, 11) is 0. The van der Waals surface area contributed by atoms with Crippen molar-refractivity contribution in [1.82, 2.24) is 10.2 Å². The van der Waals surface area contributed by atoms with Crippen molar-refractivity contribution in [2.45, 2.75) is 45.8 Å². The highest BCUT2D eigenvalue weighted by molar-refractivity contribution is 5.91. The number of ether oxygens (including phenoxy) is 2. The van der Waals surface area contributed by atoms with Gasteiger partial charge < -0.3 is 19.5 Å². The molecule has 0 spiro atoms. The van der Waals surface area contributed by atoms with Gasteiger partial charge in [0.2, 0.25) is 0 Å². The van der Waals surface area contributed by atoms with E-state index >= 15 is 0 Å². The maximum absolute atomic E-state index is 12.1. The minimum atomic E-state index is -1.24. The number of nitrogens with one attached hydrogen (secondary N) is 1. The molecule has 2 rings (SSSR count). The zero-order chi connectivity index (χ0) is 20.7. The number of carbonyl (C=O) groups is 3. The molecule has 8 heteroatoms. The van der Waals surface area contributed by atoms with E-state index in [4.69, 9.17) is 9.47 Å². The first-order valence-corrected chi connectivity index (χ1v) is 9.06. The number of nitrogens with zero attached hydrogens (tertiary/aromatic N) is 1. The Morgan fingerprint density at radius 2 is 1.71 bits per heavy atom. The molecular weight excluding hydrogens is 364 g/mol. The third kappa shape index (κ3) is 6.61. The summed E-state index contributed by atoms with van der Waals surface area (Å²) in [5.74, 6) is -1.24. The largest absolute Gasteiger partial charge is 0.477 e. The number of amides is 2. The Bertz CT molecular complexity index is 742. The van der Waals surface area contributed by atoms with Gasteiger partial charge in [0.05, 0.1) is 0 Å². The SMILES string of the molecule is CC(C)(C)OC(=O)N1CCC(=C(NC(=O)OCc2ccccc2)C(=O)O)CC1. The molecule has 1 aromatic rings. The van der Waals surface area contributed by atoms with Gasteiger partial charge in [-0.05, 0) is 44.7 Å². The molecule has 28 heavy (non-hydrogen) atoms. The van der Waals surface area contributed by atoms with Gasteiger partial charge in [0.1, 0.15) is 17.9 Å². The Morgan fingerprint density at radius 3 is 2.25 bits per heavy atom. The molecule has 1 heterocycles. The van der Waals surface area contributed by atoms with Crippen molar-refractivity contribution < 1.29 is 29.0 Å². The lowest BCUT2D eigenvalue weighted by Crippen LogP contribution is -2.41. The highest BCUT2D eigenvalue weighted by Crippen LogP contribution is 2.21. The Balaban J connectivity index is 1.94. The molecule has 1 aliphatic heterocycles. The summed E-state index contributed by atoms with van der Waals surface area (Å²) >= 11 is 0. The molecule has 1 saturated heterocycles. The molecule has 0 aliphatic carbocycles. The third-order valence-corrected chi connectivity index (χ3v) is 4.03. The van der Waals surface area contributed by atoms with Gasteiger partial charge in [-0.2, -0.15) is 0 Å². The van der Waals surface area contributed by atoms with Crippen LogP contribution in [0.3, 0.4) is 0 Å². The van der Waals surface area contributed by atoms with Crippen LogP contribution in [0.4, 0.5) is 9.59 Å². The number of carboxylic acid groups (broad SMARTS) is 1. The van der Waals surface area contributed by atoms with E-state index in [0.29, 0.717) is 31.5 Å². The lowest BCUT2D eigenvalue weighted by molar-refractivity contribution is -0.133. The molecule has 0 saturated carbocycles. The van der Waals surface area contributed by atoms with E-state index in [1.807, 2.05) is 18.2 Å². The lowest BCUT2D eigenvalue weighted by atomic mass is 10.0. The van der Waals surface area contributed by atoms with Gasteiger partial charge in [0.15, 0.2) is 0 Å². The number of hydrogen-bond donors (Lipinski definition) is 2. The van der Waals surface area contributed by atoms with Crippen LogP contribution in [0.15, 0.2) is 41.6 Å². The average Bonchev–Trinajstić information content (AvgIpc) is 2.64. The van der Waals surface area contributed by atoms with Crippen LogP contribution in [0, 0.1) is 0 Å². The standard InChI is InChI=1S/C20H26N2O6/c1-20(2,3)28-19(26)22-11-9-15(10-12-22)16(17(23)24)21-18(25)27-13-14-7-5-4-6-8-14/h4-8H,9-13H2,1-3H3,(H,21,25)(H,23,24). The molecule has 1 aliphatic rings. The van der Waals surface area contributed by atoms with Gasteiger partial charge >= 0.3 is 18.2 Å². The number of aliphatic carboxylic acids is 1. The fraction of sp³-hybridized carbons (Fsp3) is 0.450. The Morgan fingerprint density at radius 1 is 1.11 bits per heavy atom. The van der Waals surface area contributed by atoms with Crippen LogP contribution in [0.5, 0.6) is 0 Å². The van der Waals surface area contributed by atoms with Crippen molar-refractivity contribution in [3.8, 4) is 0 Å². The average molecular weight is 390 g/mol. The number of rotatable bonds is 4. The van der Waals surface area contributed by atoms with Crippen molar-refractivity contribution in [2.24, 2.45) is 0 Å². The maximum atomic E-state index is 12.1. The summed E-state index contributed by atoms with van der Waals surface area (Å²) in [6.45, 7) is 6.04. The summed E-state index contributed by atoms with van der Waals surface area (Å²) in [5, 5.41) is 11.8. The second kappa shape index (κ2) is 9.25. The van der Waals surface area contributed by atoms with Crippen molar-refractivity contribution >= 4 is 18.2 Å². The quantitative estimate of drug-likeness (QED) is 0.765. The zero-order valence-electron chi connectivity index (χ0n) is 16.4. The van der Waals surface area contributed by atoms with Crippen LogP contribution in [0.1, 0.15) is 39.2 Å². The molecule has 0 atom stereocenters. The van der Waals surface area contributed by atoms with Gasteiger partial charge in [-0.15, -0.1) is 0 Å².